The van der Waals surface area contributed by atoms with Crippen molar-refractivity contribution in [2.24, 2.45) is 0 Å². The van der Waals surface area contributed by atoms with Crippen LogP contribution < -0.4 is 5.32 Å². The molecule has 94 valence electrons. The summed E-state index contributed by atoms with van der Waals surface area (Å²) in [7, 11) is 0. The summed E-state index contributed by atoms with van der Waals surface area (Å²) >= 11 is 0. The van der Waals surface area contributed by atoms with E-state index in [1.807, 2.05) is 19.9 Å². The summed E-state index contributed by atoms with van der Waals surface area (Å²) in [6.07, 6.45) is 0. The van der Waals surface area contributed by atoms with Crippen LogP contribution >= 0.6 is 0 Å². The molecule has 2 rings (SSSR count). The zero-order valence-electron chi connectivity index (χ0n) is 11.5. The number of aromatic nitrogens is 1. The van der Waals surface area contributed by atoms with Crippen molar-refractivity contribution in [3.8, 4) is 0 Å². The lowest BCUT2D eigenvalue weighted by Gasteiger charge is -2.13. The monoisotopic (exact) mass is 240 g/mol. The third-order valence-electron chi connectivity index (χ3n) is 3.33. The zero-order valence-corrected chi connectivity index (χ0v) is 11.5. The van der Waals surface area contributed by atoms with Gasteiger partial charge in [0.15, 0.2) is 0 Å². The first-order chi connectivity index (χ1) is 8.58. The van der Waals surface area contributed by atoms with E-state index in [0.29, 0.717) is 0 Å². The fourth-order valence-corrected chi connectivity index (χ4v) is 2.18. The summed E-state index contributed by atoms with van der Waals surface area (Å²) in [5.74, 6) is 0. The Balaban J connectivity index is 2.16. The van der Waals surface area contributed by atoms with Crippen LogP contribution in [-0.2, 0) is 6.54 Å². The third kappa shape index (κ3) is 2.70. The summed E-state index contributed by atoms with van der Waals surface area (Å²) in [4.78, 5) is 4.47. The highest BCUT2D eigenvalue weighted by Gasteiger charge is 2.03. The van der Waals surface area contributed by atoms with Gasteiger partial charge in [0.1, 0.15) is 0 Å². The molecule has 18 heavy (non-hydrogen) atoms. The molecule has 0 amide bonds. The van der Waals surface area contributed by atoms with Gasteiger partial charge in [-0.15, -0.1) is 0 Å². The Hall–Kier alpha value is -1.83. The van der Waals surface area contributed by atoms with E-state index in [-0.39, 0.29) is 0 Å². The highest BCUT2D eigenvalue weighted by molar-refractivity contribution is 5.49. The predicted octanol–water partition coefficient (Wildman–Crippen LogP) is 3.93. The lowest BCUT2D eigenvalue weighted by Crippen LogP contribution is -2.05. The largest absolute Gasteiger partial charge is 0.379 e. The van der Waals surface area contributed by atoms with Crippen molar-refractivity contribution in [1.82, 2.24) is 4.98 Å². The van der Waals surface area contributed by atoms with Crippen molar-refractivity contribution in [3.05, 3.63) is 58.4 Å². The number of hydrogen-bond donors (Lipinski definition) is 1. The Morgan fingerprint density at radius 1 is 0.944 bits per heavy atom. The Labute approximate surface area is 109 Å². The first-order valence-electron chi connectivity index (χ1n) is 6.31. The Morgan fingerprint density at radius 3 is 2.22 bits per heavy atom. The number of pyridine rings is 1. The highest BCUT2D eigenvalue weighted by Crippen LogP contribution is 2.17. The first-order valence-corrected chi connectivity index (χ1v) is 6.31. The number of nitrogens with zero attached hydrogens (tertiary/aromatic N) is 1. The van der Waals surface area contributed by atoms with Gasteiger partial charge < -0.3 is 5.32 Å². The van der Waals surface area contributed by atoms with Crippen LogP contribution in [0.1, 0.15) is 28.1 Å². The smallest absolute Gasteiger partial charge is 0.0606 e. The van der Waals surface area contributed by atoms with Crippen molar-refractivity contribution in [2.45, 2.75) is 34.2 Å². The maximum atomic E-state index is 4.47. The molecule has 0 unspecified atom stereocenters. The van der Waals surface area contributed by atoms with Gasteiger partial charge >= 0.3 is 0 Å². The molecule has 0 aliphatic carbocycles. The lowest BCUT2D eigenvalue weighted by atomic mass is 10.0. The van der Waals surface area contributed by atoms with E-state index in [9.17, 15) is 0 Å². The van der Waals surface area contributed by atoms with Crippen LogP contribution in [0.3, 0.4) is 0 Å². The average Bonchev–Trinajstić information content (AvgIpc) is 2.31. The summed E-state index contributed by atoms with van der Waals surface area (Å²) in [6, 6.07) is 10.6. The first kappa shape index (κ1) is 12.6. The van der Waals surface area contributed by atoms with E-state index in [4.69, 9.17) is 0 Å². The number of hydrogen-bond acceptors (Lipinski definition) is 2. The summed E-state index contributed by atoms with van der Waals surface area (Å²) < 4.78 is 0. The maximum absolute atomic E-state index is 4.47. The fraction of sp³-hybridized carbons (Fsp3) is 0.312. The topological polar surface area (TPSA) is 24.9 Å². The number of nitrogens with one attached hydrogen (secondary N) is 1. The third-order valence-corrected chi connectivity index (χ3v) is 3.33. The summed E-state index contributed by atoms with van der Waals surface area (Å²) in [5.41, 5.74) is 7.27. The van der Waals surface area contributed by atoms with Gasteiger partial charge in [0, 0.05) is 12.2 Å². The molecule has 2 heteroatoms. The second-order valence-electron chi connectivity index (χ2n) is 4.81. The molecule has 1 aromatic heterocycles. The van der Waals surface area contributed by atoms with E-state index < -0.39 is 0 Å². The van der Waals surface area contributed by atoms with Gasteiger partial charge in [0.2, 0.25) is 0 Å². The number of anilines is 1. The second kappa shape index (κ2) is 5.21. The van der Waals surface area contributed by atoms with E-state index in [1.54, 1.807) is 0 Å². The molecule has 0 spiro atoms. The minimum absolute atomic E-state index is 0.851. The van der Waals surface area contributed by atoms with Crippen LogP contribution in [0.4, 0.5) is 5.69 Å². The van der Waals surface area contributed by atoms with Gasteiger partial charge in [0.05, 0.1) is 11.4 Å². The average molecular weight is 240 g/mol. The molecule has 0 fully saturated rings. The van der Waals surface area contributed by atoms with Gasteiger partial charge in [-0.3, -0.25) is 4.98 Å². The Bertz CT molecular complexity index is 539. The molecule has 2 aromatic rings. The number of benzene rings is 1. The quantitative estimate of drug-likeness (QED) is 0.879. The Kier molecular flexibility index (Phi) is 3.66. The van der Waals surface area contributed by atoms with Gasteiger partial charge in [-0.1, -0.05) is 18.2 Å². The van der Waals surface area contributed by atoms with Crippen molar-refractivity contribution >= 4 is 5.69 Å². The number of rotatable bonds is 3. The highest BCUT2D eigenvalue weighted by atomic mass is 14.9. The molecule has 0 saturated heterocycles. The fourth-order valence-electron chi connectivity index (χ4n) is 2.18. The van der Waals surface area contributed by atoms with Crippen LogP contribution in [0, 0.1) is 27.7 Å². The predicted molar refractivity (Wildman–Crippen MR) is 77.0 cm³/mol. The Morgan fingerprint density at radius 2 is 1.61 bits per heavy atom. The minimum atomic E-state index is 0.851. The molecule has 0 bridgehead atoms. The summed E-state index contributed by atoms with van der Waals surface area (Å²) in [5, 5.41) is 3.48. The molecule has 1 heterocycles. The molecule has 1 aromatic carbocycles. The van der Waals surface area contributed by atoms with Gasteiger partial charge in [-0.25, -0.2) is 0 Å². The van der Waals surface area contributed by atoms with Crippen molar-refractivity contribution in [3.63, 3.8) is 0 Å². The van der Waals surface area contributed by atoms with Crippen molar-refractivity contribution in [1.29, 1.82) is 0 Å². The van der Waals surface area contributed by atoms with Gasteiger partial charge in [0.25, 0.3) is 0 Å². The van der Waals surface area contributed by atoms with Crippen LogP contribution in [0.25, 0.3) is 0 Å². The number of aryl methyl sites for hydroxylation is 4. The normalized spacial score (nSPS) is 10.4. The molecule has 0 aliphatic heterocycles. The standard InChI is InChI=1S/C16H20N2/c1-11-6-5-7-12(2)15(11)10-17-16-9-8-13(3)18-14(16)4/h5-9,17H,10H2,1-4H3. The van der Waals surface area contributed by atoms with Crippen LogP contribution in [0.5, 0.6) is 0 Å². The van der Waals surface area contributed by atoms with Crippen molar-refractivity contribution in [2.75, 3.05) is 5.32 Å². The zero-order chi connectivity index (χ0) is 13.1. The van der Waals surface area contributed by atoms with Crippen LogP contribution in [0.15, 0.2) is 30.3 Å². The van der Waals surface area contributed by atoms with Crippen LogP contribution in [0.2, 0.25) is 0 Å². The molecule has 0 radical (unpaired) electrons. The van der Waals surface area contributed by atoms with E-state index in [1.165, 1.54) is 16.7 Å². The van der Waals surface area contributed by atoms with Gasteiger partial charge in [-0.05, 0) is 56.5 Å². The molecule has 0 atom stereocenters. The molecular weight excluding hydrogens is 220 g/mol. The molecule has 0 aliphatic rings. The maximum Gasteiger partial charge on any atom is 0.0606 e. The molecule has 2 nitrogen and oxygen atoms in total. The minimum Gasteiger partial charge on any atom is -0.379 e. The molecule has 1 N–H and O–H groups in total. The van der Waals surface area contributed by atoms with E-state index in [2.05, 4.69) is 48.4 Å². The molecule has 0 saturated carbocycles. The van der Waals surface area contributed by atoms with Crippen LogP contribution in [-0.4, -0.2) is 4.98 Å². The summed E-state index contributed by atoms with van der Waals surface area (Å²) in [6.45, 7) is 9.22. The van der Waals surface area contributed by atoms with Crippen molar-refractivity contribution < 1.29 is 0 Å². The SMILES string of the molecule is Cc1ccc(NCc2c(C)cccc2C)c(C)n1. The van der Waals surface area contributed by atoms with E-state index >= 15 is 0 Å². The molecular formula is C16H20N2. The van der Waals surface area contributed by atoms with Gasteiger partial charge in [-0.2, -0.15) is 0 Å². The lowest BCUT2D eigenvalue weighted by molar-refractivity contribution is 1.05. The second-order valence-corrected chi connectivity index (χ2v) is 4.81. The van der Waals surface area contributed by atoms with E-state index in [0.717, 1.165) is 23.6 Å².